The van der Waals surface area contributed by atoms with Gasteiger partial charge < -0.3 is 20.3 Å². The Hall–Kier alpha value is -4.27. The zero-order valence-corrected chi connectivity index (χ0v) is 27.1. The minimum atomic E-state index is -0.562. The first-order valence-corrected chi connectivity index (χ1v) is 16.0. The quantitative estimate of drug-likeness (QED) is 0.281. The number of alkyl carbamates (subject to hydrolysis) is 1. The van der Waals surface area contributed by atoms with E-state index in [1.807, 2.05) is 69.1 Å². The average Bonchev–Trinajstić information content (AvgIpc) is 2.98. The van der Waals surface area contributed by atoms with Gasteiger partial charge in [-0.2, -0.15) is 0 Å². The van der Waals surface area contributed by atoms with Gasteiger partial charge in [0, 0.05) is 50.0 Å². The van der Waals surface area contributed by atoms with Crippen molar-refractivity contribution in [2.45, 2.75) is 96.2 Å². The van der Waals surface area contributed by atoms with Crippen LogP contribution in [0.5, 0.6) is 0 Å². The Labute approximate surface area is 266 Å². The van der Waals surface area contributed by atoms with E-state index in [-0.39, 0.29) is 17.9 Å². The van der Waals surface area contributed by atoms with Gasteiger partial charge in [-0.15, -0.1) is 0 Å². The van der Waals surface area contributed by atoms with Crippen LogP contribution in [-0.2, 0) is 19.9 Å². The molecule has 2 fully saturated rings. The van der Waals surface area contributed by atoms with E-state index in [0.29, 0.717) is 18.2 Å². The van der Waals surface area contributed by atoms with Crippen LogP contribution in [-0.4, -0.2) is 51.5 Å². The van der Waals surface area contributed by atoms with Crippen LogP contribution in [0.3, 0.4) is 0 Å². The Bertz CT molecular complexity index is 1500. The maximum Gasteiger partial charge on any atom is 0.408 e. The maximum atomic E-state index is 13.1. The predicted octanol–water partition coefficient (Wildman–Crippen LogP) is 7.08. The fraction of sp³-hybridized carbons (Fsp3) is 0.472. The van der Waals surface area contributed by atoms with Gasteiger partial charge in [-0.1, -0.05) is 30.3 Å². The molecule has 2 saturated carbocycles. The molecule has 1 aromatic carbocycles. The van der Waals surface area contributed by atoms with Crippen LogP contribution in [0, 0.1) is 5.92 Å². The molecule has 2 heterocycles. The number of amides is 3. The van der Waals surface area contributed by atoms with E-state index in [9.17, 15) is 14.4 Å². The Kier molecular flexibility index (Phi) is 9.56. The van der Waals surface area contributed by atoms with Gasteiger partial charge in [0.2, 0.25) is 11.8 Å². The summed E-state index contributed by atoms with van der Waals surface area (Å²) < 4.78 is 5.54. The molecule has 0 unspecified atom stereocenters. The molecule has 238 valence electrons. The molecule has 2 N–H and O–H groups in total. The molecule has 3 amide bonds. The van der Waals surface area contributed by atoms with Gasteiger partial charge in [0.25, 0.3) is 0 Å². The molecule has 0 bridgehead atoms. The first-order chi connectivity index (χ1) is 21.4. The standard InChI is InChI=1S/C36H45N5O4/c1-24(42)41(5)28-16-10-25(11-17-28)21-33(43)39-32-22-29(31-9-6-7-20-37-31)30(23-38-32)26-12-14-27(15-13-26)36(18-8-19-36)40-34(44)45-35(2,3)4/h6-7,9,12-15,20,22-23,25,28H,8,10-11,16-19,21H2,1-5H3,(H,40,44)(H,38,39,43). The number of ether oxygens (including phenoxy) is 1. The molecule has 0 atom stereocenters. The van der Waals surface area contributed by atoms with Crippen molar-refractivity contribution in [3.8, 4) is 22.4 Å². The lowest BCUT2D eigenvalue weighted by atomic mass is 9.71. The smallest absolute Gasteiger partial charge is 0.408 e. The van der Waals surface area contributed by atoms with Crippen molar-refractivity contribution >= 4 is 23.7 Å². The third kappa shape index (κ3) is 7.88. The van der Waals surface area contributed by atoms with Crippen LogP contribution in [0.15, 0.2) is 60.9 Å². The highest BCUT2D eigenvalue weighted by Gasteiger charge is 2.41. The topological polar surface area (TPSA) is 114 Å². The largest absolute Gasteiger partial charge is 0.444 e. The summed E-state index contributed by atoms with van der Waals surface area (Å²) in [6.45, 7) is 7.19. The number of nitrogens with one attached hydrogen (secondary N) is 2. The Morgan fingerprint density at radius 1 is 0.978 bits per heavy atom. The highest BCUT2D eigenvalue weighted by molar-refractivity contribution is 5.92. The number of anilines is 1. The number of carbonyl (C=O) groups excluding carboxylic acids is 3. The van der Waals surface area contributed by atoms with E-state index >= 15 is 0 Å². The molecule has 2 aliphatic rings. The van der Waals surface area contributed by atoms with Crippen molar-refractivity contribution in [3.63, 3.8) is 0 Å². The van der Waals surface area contributed by atoms with Crippen LogP contribution in [0.2, 0.25) is 0 Å². The molecule has 3 aromatic rings. The van der Waals surface area contributed by atoms with Crippen molar-refractivity contribution in [2.24, 2.45) is 5.92 Å². The molecular formula is C36H45N5O4. The van der Waals surface area contributed by atoms with E-state index in [4.69, 9.17) is 4.74 Å². The monoisotopic (exact) mass is 611 g/mol. The first kappa shape index (κ1) is 32.1. The Balaban J connectivity index is 1.31. The molecule has 0 saturated heterocycles. The molecule has 2 aromatic heterocycles. The van der Waals surface area contributed by atoms with E-state index in [1.165, 1.54) is 0 Å². The van der Waals surface area contributed by atoms with Gasteiger partial charge in [0.05, 0.1) is 11.2 Å². The number of hydrogen-bond donors (Lipinski definition) is 2. The fourth-order valence-corrected chi connectivity index (χ4v) is 6.42. The van der Waals surface area contributed by atoms with Crippen molar-refractivity contribution in [1.29, 1.82) is 0 Å². The van der Waals surface area contributed by atoms with E-state index in [1.54, 1.807) is 19.3 Å². The van der Waals surface area contributed by atoms with Crippen LogP contribution >= 0.6 is 0 Å². The second-order valence-electron chi connectivity index (χ2n) is 13.5. The van der Waals surface area contributed by atoms with Gasteiger partial charge in [-0.3, -0.25) is 14.6 Å². The molecule has 0 spiro atoms. The minimum absolute atomic E-state index is 0.0572. The molecular weight excluding hydrogens is 566 g/mol. The van der Waals surface area contributed by atoms with Crippen molar-refractivity contribution in [1.82, 2.24) is 20.2 Å². The third-order valence-electron chi connectivity index (χ3n) is 9.14. The normalized spacial score (nSPS) is 19.1. The number of hydrogen-bond acceptors (Lipinski definition) is 6. The summed E-state index contributed by atoms with van der Waals surface area (Å²) in [6.07, 6.45) is 10.0. The number of nitrogens with zero attached hydrogens (tertiary/aromatic N) is 3. The summed E-state index contributed by atoms with van der Waals surface area (Å²) >= 11 is 0. The molecule has 45 heavy (non-hydrogen) atoms. The maximum absolute atomic E-state index is 13.1. The zero-order valence-electron chi connectivity index (χ0n) is 27.1. The Morgan fingerprint density at radius 2 is 1.69 bits per heavy atom. The summed E-state index contributed by atoms with van der Waals surface area (Å²) in [5.74, 6) is 0.806. The molecule has 0 radical (unpaired) electrons. The lowest BCUT2D eigenvalue weighted by molar-refractivity contribution is -0.130. The summed E-state index contributed by atoms with van der Waals surface area (Å²) in [4.78, 5) is 48.4. The first-order valence-electron chi connectivity index (χ1n) is 16.0. The summed E-state index contributed by atoms with van der Waals surface area (Å²) in [6, 6.07) is 16.1. The zero-order chi connectivity index (χ0) is 32.2. The van der Waals surface area contributed by atoms with E-state index in [2.05, 4.69) is 32.7 Å². The van der Waals surface area contributed by atoms with Crippen molar-refractivity contribution in [3.05, 3.63) is 66.5 Å². The SMILES string of the molecule is CC(=O)N(C)C1CCC(CC(=O)Nc2cc(-c3ccccn3)c(-c3ccc(C4(NC(=O)OC(C)(C)C)CCC4)cc3)cn2)CC1. The predicted molar refractivity (Wildman–Crippen MR) is 175 cm³/mol. The summed E-state index contributed by atoms with van der Waals surface area (Å²) in [7, 11) is 1.86. The molecule has 2 aliphatic carbocycles. The van der Waals surface area contributed by atoms with Crippen LogP contribution in [0.1, 0.15) is 84.6 Å². The number of aromatic nitrogens is 2. The Morgan fingerprint density at radius 3 is 2.27 bits per heavy atom. The van der Waals surface area contributed by atoms with Crippen molar-refractivity contribution in [2.75, 3.05) is 12.4 Å². The third-order valence-corrected chi connectivity index (χ3v) is 9.14. The van der Waals surface area contributed by atoms with Gasteiger partial charge in [-0.05, 0) is 101 Å². The average molecular weight is 612 g/mol. The number of carbonyl (C=O) groups is 3. The lowest BCUT2D eigenvalue weighted by Crippen LogP contribution is -2.52. The van der Waals surface area contributed by atoms with Crippen molar-refractivity contribution < 1.29 is 19.1 Å². The molecule has 0 aliphatic heterocycles. The lowest BCUT2D eigenvalue weighted by Gasteiger charge is -2.43. The van der Waals surface area contributed by atoms with Gasteiger partial charge in [-0.25, -0.2) is 9.78 Å². The van der Waals surface area contributed by atoms with Crippen LogP contribution in [0.25, 0.3) is 22.4 Å². The van der Waals surface area contributed by atoms with Crippen LogP contribution in [0.4, 0.5) is 10.6 Å². The van der Waals surface area contributed by atoms with Gasteiger partial charge in [0.1, 0.15) is 11.4 Å². The summed E-state index contributed by atoms with van der Waals surface area (Å²) in [5, 5.41) is 6.14. The second kappa shape index (κ2) is 13.4. The highest BCUT2D eigenvalue weighted by atomic mass is 16.6. The van der Waals surface area contributed by atoms with Gasteiger partial charge in [0.15, 0.2) is 0 Å². The van der Waals surface area contributed by atoms with Crippen LogP contribution < -0.4 is 10.6 Å². The number of pyridine rings is 2. The van der Waals surface area contributed by atoms with E-state index in [0.717, 1.165) is 72.9 Å². The molecule has 5 rings (SSSR count). The van der Waals surface area contributed by atoms with E-state index < -0.39 is 17.2 Å². The molecule has 9 heteroatoms. The fourth-order valence-electron chi connectivity index (χ4n) is 6.42. The van der Waals surface area contributed by atoms with Gasteiger partial charge >= 0.3 is 6.09 Å². The minimum Gasteiger partial charge on any atom is -0.444 e. The molecule has 9 nitrogen and oxygen atoms in total. The number of benzene rings is 1. The highest BCUT2D eigenvalue weighted by Crippen LogP contribution is 2.42. The second-order valence-corrected chi connectivity index (χ2v) is 13.5. The summed E-state index contributed by atoms with van der Waals surface area (Å²) in [5.41, 5.74) is 3.56. The number of rotatable bonds is 8.